The Morgan fingerprint density at radius 1 is 1.24 bits per heavy atom. The number of ketones is 1. The van der Waals surface area contributed by atoms with Crippen LogP contribution in [0.5, 0.6) is 5.75 Å². The molecule has 1 heterocycles. The lowest BCUT2D eigenvalue weighted by atomic mass is 10.0. The molecule has 0 saturated heterocycles. The summed E-state index contributed by atoms with van der Waals surface area (Å²) < 4.78 is 6.16. The van der Waals surface area contributed by atoms with Crippen molar-refractivity contribution in [3.63, 3.8) is 0 Å². The van der Waals surface area contributed by atoms with Crippen molar-refractivity contribution < 1.29 is 9.53 Å². The van der Waals surface area contributed by atoms with Gasteiger partial charge in [-0.2, -0.15) is 0 Å². The number of aromatic nitrogens is 1. The van der Waals surface area contributed by atoms with Gasteiger partial charge >= 0.3 is 0 Å². The Morgan fingerprint density at radius 2 is 2.05 bits per heavy atom. The summed E-state index contributed by atoms with van der Waals surface area (Å²) in [5.41, 5.74) is 1.85. The minimum absolute atomic E-state index is 0.142. The molecule has 106 valence electrons. The molecule has 5 heteroatoms. The van der Waals surface area contributed by atoms with E-state index in [0.717, 1.165) is 15.4 Å². The van der Waals surface area contributed by atoms with E-state index in [9.17, 15) is 4.79 Å². The second kappa shape index (κ2) is 5.54. The predicted octanol–water partition coefficient (Wildman–Crippen LogP) is 4.82. The van der Waals surface area contributed by atoms with E-state index in [1.165, 1.54) is 0 Å². The fraction of sp³-hybridized carbons (Fsp3) is 0.0625. The van der Waals surface area contributed by atoms with E-state index in [0.29, 0.717) is 21.9 Å². The van der Waals surface area contributed by atoms with Crippen LogP contribution in [0.25, 0.3) is 10.9 Å². The third kappa shape index (κ3) is 2.45. The number of benzene rings is 2. The Hall–Kier alpha value is -1.78. The minimum Gasteiger partial charge on any atom is -0.496 e. The van der Waals surface area contributed by atoms with Gasteiger partial charge in [-0.05, 0) is 30.3 Å². The lowest BCUT2D eigenvalue weighted by Gasteiger charge is -2.06. The highest BCUT2D eigenvalue weighted by Gasteiger charge is 2.19. The van der Waals surface area contributed by atoms with Crippen molar-refractivity contribution in [2.75, 3.05) is 7.11 Å². The van der Waals surface area contributed by atoms with Crippen molar-refractivity contribution in [2.24, 2.45) is 0 Å². The lowest BCUT2D eigenvalue weighted by molar-refractivity contribution is 0.104. The van der Waals surface area contributed by atoms with Crippen molar-refractivity contribution in [3.05, 3.63) is 63.2 Å². The van der Waals surface area contributed by atoms with Crippen LogP contribution < -0.4 is 4.74 Å². The molecule has 0 fully saturated rings. The van der Waals surface area contributed by atoms with Crippen molar-refractivity contribution in [1.29, 1.82) is 0 Å². The maximum Gasteiger partial charge on any atom is 0.196 e. The van der Waals surface area contributed by atoms with Crippen LogP contribution in [-0.2, 0) is 0 Å². The Bertz CT molecular complexity index is 841. The molecule has 3 nitrogen and oxygen atoms in total. The van der Waals surface area contributed by atoms with E-state index in [2.05, 4.69) is 20.9 Å². The number of aromatic amines is 1. The summed E-state index contributed by atoms with van der Waals surface area (Å²) in [4.78, 5) is 15.9. The number of carbonyl (C=O) groups is 1. The van der Waals surface area contributed by atoms with Gasteiger partial charge in [-0.1, -0.05) is 33.6 Å². The molecule has 0 bridgehead atoms. The third-order valence-corrected chi connectivity index (χ3v) is 4.13. The smallest absolute Gasteiger partial charge is 0.196 e. The monoisotopic (exact) mass is 363 g/mol. The highest BCUT2D eigenvalue weighted by atomic mass is 79.9. The summed E-state index contributed by atoms with van der Waals surface area (Å²) in [5.74, 6) is 0.514. The van der Waals surface area contributed by atoms with E-state index in [4.69, 9.17) is 16.3 Å². The fourth-order valence-electron chi connectivity index (χ4n) is 2.32. The number of rotatable bonds is 3. The zero-order valence-electron chi connectivity index (χ0n) is 11.1. The van der Waals surface area contributed by atoms with Crippen LogP contribution >= 0.6 is 27.5 Å². The number of halogens is 2. The number of methoxy groups -OCH3 is 1. The van der Waals surface area contributed by atoms with Crippen LogP contribution in [0.3, 0.4) is 0 Å². The number of H-pyrrole nitrogens is 1. The molecule has 1 aromatic heterocycles. The molecule has 0 spiro atoms. The van der Waals surface area contributed by atoms with Crippen LogP contribution in [0.2, 0.25) is 5.02 Å². The summed E-state index contributed by atoms with van der Waals surface area (Å²) in [7, 11) is 1.59. The molecule has 0 aliphatic heterocycles. The fourth-order valence-corrected chi connectivity index (χ4v) is 2.88. The van der Waals surface area contributed by atoms with Crippen molar-refractivity contribution in [3.8, 4) is 5.75 Å². The third-order valence-electron chi connectivity index (χ3n) is 3.31. The number of hydrogen-bond acceptors (Lipinski definition) is 2. The Labute approximate surface area is 135 Å². The summed E-state index contributed by atoms with van der Waals surface area (Å²) in [6, 6.07) is 10.8. The Morgan fingerprint density at radius 3 is 2.81 bits per heavy atom. The highest BCUT2D eigenvalue weighted by Crippen LogP contribution is 2.32. The van der Waals surface area contributed by atoms with Gasteiger partial charge in [-0.3, -0.25) is 4.79 Å². The van der Waals surface area contributed by atoms with Crippen LogP contribution in [-0.4, -0.2) is 17.9 Å². The summed E-state index contributed by atoms with van der Waals surface area (Å²) in [5, 5.41) is 1.19. The number of fused-ring (bicyclic) bond motifs is 1. The number of ether oxygens (including phenoxy) is 1. The van der Waals surface area contributed by atoms with Crippen LogP contribution in [0.4, 0.5) is 0 Å². The average molecular weight is 365 g/mol. The molecular formula is C16H11BrClNO2. The maximum atomic E-state index is 12.8. The van der Waals surface area contributed by atoms with Gasteiger partial charge in [0.25, 0.3) is 0 Å². The molecule has 21 heavy (non-hydrogen) atoms. The van der Waals surface area contributed by atoms with E-state index in [1.807, 2.05) is 18.2 Å². The molecule has 3 rings (SSSR count). The molecule has 0 amide bonds. The predicted molar refractivity (Wildman–Crippen MR) is 87.4 cm³/mol. The number of nitrogens with one attached hydrogen (secondary N) is 1. The lowest BCUT2D eigenvalue weighted by Crippen LogP contribution is -2.02. The molecule has 0 aliphatic carbocycles. The van der Waals surface area contributed by atoms with Gasteiger partial charge in [0.05, 0.1) is 23.1 Å². The molecule has 3 aromatic rings. The Kier molecular flexibility index (Phi) is 3.74. The largest absolute Gasteiger partial charge is 0.496 e. The molecule has 1 N–H and O–H groups in total. The normalized spacial score (nSPS) is 10.8. The van der Waals surface area contributed by atoms with Gasteiger partial charge in [0, 0.05) is 21.7 Å². The van der Waals surface area contributed by atoms with E-state index >= 15 is 0 Å². The zero-order valence-corrected chi connectivity index (χ0v) is 13.5. The molecular weight excluding hydrogens is 354 g/mol. The van der Waals surface area contributed by atoms with Gasteiger partial charge in [0.2, 0.25) is 0 Å². The minimum atomic E-state index is -0.142. The standard InChI is InChI=1S/C16H11BrClNO2/c1-21-14-4-2-3-13-15(14)11(8-19-13)16(20)10-7-9(17)5-6-12(10)18/h2-8,19H,1H3. The van der Waals surface area contributed by atoms with Crippen molar-refractivity contribution >= 4 is 44.2 Å². The van der Waals surface area contributed by atoms with Crippen LogP contribution in [0, 0.1) is 0 Å². The molecule has 0 radical (unpaired) electrons. The topological polar surface area (TPSA) is 42.1 Å². The highest BCUT2D eigenvalue weighted by molar-refractivity contribution is 9.10. The first-order valence-corrected chi connectivity index (χ1v) is 7.42. The van der Waals surface area contributed by atoms with E-state index in [-0.39, 0.29) is 5.78 Å². The van der Waals surface area contributed by atoms with E-state index < -0.39 is 0 Å². The van der Waals surface area contributed by atoms with Crippen molar-refractivity contribution in [1.82, 2.24) is 4.98 Å². The van der Waals surface area contributed by atoms with Gasteiger partial charge in [0.1, 0.15) is 5.75 Å². The first-order chi connectivity index (χ1) is 10.1. The number of hydrogen-bond donors (Lipinski definition) is 1. The second-order valence-electron chi connectivity index (χ2n) is 4.54. The van der Waals surface area contributed by atoms with Gasteiger partial charge in [-0.25, -0.2) is 0 Å². The summed E-state index contributed by atoms with van der Waals surface area (Å²) in [6.07, 6.45) is 1.69. The molecule has 0 saturated carbocycles. The van der Waals surface area contributed by atoms with Gasteiger partial charge in [0.15, 0.2) is 5.78 Å². The Balaban J connectivity index is 2.20. The average Bonchev–Trinajstić information content (AvgIpc) is 2.93. The summed E-state index contributed by atoms with van der Waals surface area (Å²) in [6.45, 7) is 0. The molecule has 0 aliphatic rings. The van der Waals surface area contributed by atoms with Crippen molar-refractivity contribution in [2.45, 2.75) is 0 Å². The molecule has 0 unspecified atom stereocenters. The first kappa shape index (κ1) is 14.2. The SMILES string of the molecule is COc1cccc2[nH]cc(C(=O)c3cc(Br)ccc3Cl)c12. The zero-order chi connectivity index (χ0) is 15.0. The van der Waals surface area contributed by atoms with Crippen LogP contribution in [0.1, 0.15) is 15.9 Å². The molecule has 0 atom stereocenters. The summed E-state index contributed by atoms with van der Waals surface area (Å²) >= 11 is 9.51. The first-order valence-electron chi connectivity index (χ1n) is 6.25. The maximum absolute atomic E-state index is 12.8. The second-order valence-corrected chi connectivity index (χ2v) is 5.86. The van der Waals surface area contributed by atoms with Gasteiger partial charge < -0.3 is 9.72 Å². The molecule has 2 aromatic carbocycles. The van der Waals surface area contributed by atoms with Gasteiger partial charge in [-0.15, -0.1) is 0 Å². The number of carbonyl (C=O) groups excluding carboxylic acids is 1. The quantitative estimate of drug-likeness (QED) is 0.677. The van der Waals surface area contributed by atoms with Crippen LogP contribution in [0.15, 0.2) is 47.1 Å². The van der Waals surface area contributed by atoms with E-state index in [1.54, 1.807) is 31.5 Å².